The normalized spacial score (nSPS) is 16.6. The minimum atomic E-state index is -0.797. The molecular weight excluding hydrogens is 422 g/mol. The Labute approximate surface area is 192 Å². The van der Waals surface area contributed by atoms with Crippen molar-refractivity contribution in [1.29, 1.82) is 0 Å². The van der Waals surface area contributed by atoms with Gasteiger partial charge in [-0.3, -0.25) is 9.59 Å². The molecule has 0 radical (unpaired) electrons. The van der Waals surface area contributed by atoms with E-state index in [2.05, 4.69) is 15.6 Å². The molecule has 1 aliphatic rings. The van der Waals surface area contributed by atoms with Crippen LogP contribution in [0.4, 0.5) is 0 Å². The van der Waals surface area contributed by atoms with Crippen LogP contribution in [0.15, 0.2) is 54.6 Å². The van der Waals surface area contributed by atoms with E-state index in [-0.39, 0.29) is 24.5 Å². The van der Waals surface area contributed by atoms with E-state index in [1.54, 1.807) is 16.7 Å². The van der Waals surface area contributed by atoms with E-state index in [9.17, 15) is 9.59 Å². The maximum atomic E-state index is 13.7. The topological polar surface area (TPSA) is 98.6 Å². The summed E-state index contributed by atoms with van der Waals surface area (Å²) < 4.78 is 12.5. The molecule has 4 rings (SSSR count). The highest BCUT2D eigenvalue weighted by molar-refractivity contribution is 5.89. The molecule has 2 atom stereocenters. The lowest BCUT2D eigenvalue weighted by molar-refractivity contribution is -0.143. The molecule has 2 unspecified atom stereocenters. The Balaban J connectivity index is 1.64. The van der Waals surface area contributed by atoms with Gasteiger partial charge in [0.25, 0.3) is 0 Å². The molecule has 9 nitrogen and oxygen atoms in total. The lowest BCUT2D eigenvalue weighted by Crippen LogP contribution is -2.48. The van der Waals surface area contributed by atoms with Crippen molar-refractivity contribution in [2.24, 2.45) is 0 Å². The fourth-order valence-electron chi connectivity index (χ4n) is 4.09. The van der Waals surface area contributed by atoms with Crippen molar-refractivity contribution >= 4 is 22.8 Å². The van der Waals surface area contributed by atoms with Gasteiger partial charge in [0.05, 0.1) is 18.2 Å². The van der Waals surface area contributed by atoms with E-state index in [0.29, 0.717) is 31.8 Å². The zero-order valence-electron chi connectivity index (χ0n) is 18.7. The Morgan fingerprint density at radius 1 is 1.21 bits per heavy atom. The van der Waals surface area contributed by atoms with Crippen molar-refractivity contribution in [3.8, 4) is 0 Å². The fourth-order valence-corrected chi connectivity index (χ4v) is 4.09. The van der Waals surface area contributed by atoms with Crippen LogP contribution in [0.2, 0.25) is 0 Å². The number of fused-ring (bicyclic) bond motifs is 1. The second-order valence-corrected chi connectivity index (χ2v) is 8.01. The zero-order chi connectivity index (χ0) is 23.0. The van der Waals surface area contributed by atoms with Crippen molar-refractivity contribution in [1.82, 2.24) is 25.2 Å². The van der Waals surface area contributed by atoms with Crippen molar-refractivity contribution in [2.75, 3.05) is 33.4 Å². The molecule has 2 amide bonds. The van der Waals surface area contributed by atoms with E-state index in [4.69, 9.17) is 9.47 Å². The predicted octanol–water partition coefficient (Wildman–Crippen LogP) is 1.94. The molecule has 33 heavy (non-hydrogen) atoms. The van der Waals surface area contributed by atoms with Gasteiger partial charge < -0.3 is 19.7 Å². The van der Waals surface area contributed by atoms with Gasteiger partial charge in [-0.15, -0.1) is 5.10 Å². The molecule has 1 aliphatic heterocycles. The summed E-state index contributed by atoms with van der Waals surface area (Å²) in [4.78, 5) is 28.6. The number of ether oxygens (including phenoxy) is 2. The summed E-state index contributed by atoms with van der Waals surface area (Å²) in [6, 6.07) is 16.0. The Morgan fingerprint density at radius 3 is 2.76 bits per heavy atom. The number of hydrogen-bond donors (Lipinski definition) is 1. The molecule has 0 spiro atoms. The van der Waals surface area contributed by atoms with E-state index in [1.807, 2.05) is 54.6 Å². The van der Waals surface area contributed by atoms with Gasteiger partial charge in [0.2, 0.25) is 11.8 Å². The van der Waals surface area contributed by atoms with Crippen LogP contribution >= 0.6 is 0 Å². The first-order valence-electron chi connectivity index (χ1n) is 11.2. The Kier molecular flexibility index (Phi) is 7.64. The number of rotatable bonds is 10. The van der Waals surface area contributed by atoms with Crippen molar-refractivity contribution < 1.29 is 19.1 Å². The highest BCUT2D eigenvalue weighted by Crippen LogP contribution is 2.25. The van der Waals surface area contributed by atoms with Crippen LogP contribution in [0, 0.1) is 0 Å². The highest BCUT2D eigenvalue weighted by atomic mass is 16.5. The minimum Gasteiger partial charge on any atom is -0.383 e. The highest BCUT2D eigenvalue weighted by Gasteiger charge is 2.34. The van der Waals surface area contributed by atoms with Crippen LogP contribution < -0.4 is 5.32 Å². The fraction of sp³-hybridized carbons (Fsp3) is 0.417. The summed E-state index contributed by atoms with van der Waals surface area (Å²) in [7, 11) is 1.58. The Hall–Kier alpha value is -3.30. The first-order valence-corrected chi connectivity index (χ1v) is 11.2. The summed E-state index contributed by atoms with van der Waals surface area (Å²) in [5.41, 5.74) is 2.22. The van der Waals surface area contributed by atoms with Gasteiger partial charge in [-0.05, 0) is 30.5 Å². The third kappa shape index (κ3) is 5.55. The number of hydrogen-bond acceptors (Lipinski definition) is 6. The number of nitrogens with one attached hydrogen (secondary N) is 1. The van der Waals surface area contributed by atoms with Gasteiger partial charge in [-0.2, -0.15) is 0 Å². The summed E-state index contributed by atoms with van der Waals surface area (Å²) >= 11 is 0. The Morgan fingerprint density at radius 2 is 2.00 bits per heavy atom. The van der Waals surface area contributed by atoms with Gasteiger partial charge in [-0.1, -0.05) is 47.7 Å². The minimum absolute atomic E-state index is 0.0259. The first-order chi connectivity index (χ1) is 16.2. The molecule has 174 valence electrons. The molecule has 0 saturated carbocycles. The molecule has 2 heterocycles. The van der Waals surface area contributed by atoms with Gasteiger partial charge in [0, 0.05) is 26.8 Å². The third-order valence-electron chi connectivity index (χ3n) is 5.73. The predicted molar refractivity (Wildman–Crippen MR) is 122 cm³/mol. The lowest BCUT2D eigenvalue weighted by Gasteiger charge is -2.33. The van der Waals surface area contributed by atoms with Crippen LogP contribution in [0.3, 0.4) is 0 Å². The average Bonchev–Trinajstić information content (AvgIpc) is 3.50. The number of amides is 2. The lowest BCUT2D eigenvalue weighted by atomic mass is 10.0. The van der Waals surface area contributed by atoms with E-state index in [0.717, 1.165) is 23.9 Å². The zero-order valence-corrected chi connectivity index (χ0v) is 18.7. The first kappa shape index (κ1) is 22.9. The number of carbonyl (C=O) groups is 2. The maximum Gasteiger partial charge on any atom is 0.247 e. The molecule has 2 aromatic carbocycles. The van der Waals surface area contributed by atoms with Crippen LogP contribution in [-0.4, -0.2) is 71.2 Å². The monoisotopic (exact) mass is 451 g/mol. The number of aromatic nitrogens is 3. The second kappa shape index (κ2) is 11.0. The van der Waals surface area contributed by atoms with Crippen LogP contribution in [0.25, 0.3) is 11.0 Å². The summed E-state index contributed by atoms with van der Waals surface area (Å²) in [6.45, 7) is 1.70. The van der Waals surface area contributed by atoms with Crippen LogP contribution in [0.5, 0.6) is 0 Å². The van der Waals surface area contributed by atoms with Gasteiger partial charge in [0.1, 0.15) is 18.1 Å². The molecule has 1 aromatic heterocycles. The van der Waals surface area contributed by atoms with Gasteiger partial charge in [0.15, 0.2) is 0 Å². The van der Waals surface area contributed by atoms with E-state index < -0.39 is 6.04 Å². The molecule has 1 saturated heterocycles. The third-order valence-corrected chi connectivity index (χ3v) is 5.73. The Bertz CT molecular complexity index is 1060. The SMILES string of the molecule is COCCNC(=O)C(c1ccccc1)N(CC1CCCO1)C(=O)Cn1nnc2ccccc21. The maximum absolute atomic E-state index is 13.7. The number of methoxy groups -OCH3 is 1. The molecule has 9 heteroatoms. The quantitative estimate of drug-likeness (QED) is 0.473. The molecule has 0 bridgehead atoms. The van der Waals surface area contributed by atoms with E-state index in [1.165, 1.54) is 0 Å². The number of nitrogens with zero attached hydrogens (tertiary/aromatic N) is 4. The molecular formula is C24H29N5O4. The molecule has 0 aliphatic carbocycles. The van der Waals surface area contributed by atoms with Gasteiger partial charge in [-0.25, -0.2) is 4.68 Å². The van der Waals surface area contributed by atoms with E-state index >= 15 is 0 Å². The van der Waals surface area contributed by atoms with Crippen molar-refractivity contribution in [3.05, 3.63) is 60.2 Å². The van der Waals surface area contributed by atoms with Gasteiger partial charge >= 0.3 is 0 Å². The van der Waals surface area contributed by atoms with Crippen LogP contribution in [0.1, 0.15) is 24.4 Å². The van der Waals surface area contributed by atoms with Crippen molar-refractivity contribution in [2.45, 2.75) is 31.5 Å². The smallest absolute Gasteiger partial charge is 0.247 e. The standard InChI is InChI=1S/C24H29N5O4/c1-32-15-13-25-24(31)23(18-8-3-2-4-9-18)28(16-19-10-7-14-33-19)22(30)17-29-21-12-6-5-11-20(21)26-27-29/h2-6,8-9,11-12,19,23H,7,10,13-17H2,1H3,(H,25,31). The number of benzene rings is 2. The summed E-state index contributed by atoms with van der Waals surface area (Å²) in [6.07, 6.45) is 1.68. The molecule has 1 fully saturated rings. The molecule has 1 N–H and O–H groups in total. The average molecular weight is 452 g/mol. The van der Waals surface area contributed by atoms with Crippen molar-refractivity contribution in [3.63, 3.8) is 0 Å². The van der Waals surface area contributed by atoms with Crippen LogP contribution in [-0.2, 0) is 25.6 Å². The summed E-state index contributed by atoms with van der Waals surface area (Å²) in [5, 5.41) is 11.2. The number of carbonyl (C=O) groups excluding carboxylic acids is 2. The molecule has 3 aromatic rings. The summed E-state index contributed by atoms with van der Waals surface area (Å²) in [5.74, 6) is -0.482. The largest absolute Gasteiger partial charge is 0.383 e. The number of para-hydroxylation sites is 1. The second-order valence-electron chi connectivity index (χ2n) is 8.01.